The molecule has 0 radical (unpaired) electrons. The number of anilines is 1. The van der Waals surface area contributed by atoms with Gasteiger partial charge in [-0.3, -0.25) is 19.3 Å². The van der Waals surface area contributed by atoms with Gasteiger partial charge in [0.1, 0.15) is 11.7 Å². The number of benzene rings is 3. The molecule has 2 aromatic heterocycles. The summed E-state index contributed by atoms with van der Waals surface area (Å²) in [6, 6.07) is 29.9. The van der Waals surface area contributed by atoms with Gasteiger partial charge in [-0.15, -0.1) is 0 Å². The summed E-state index contributed by atoms with van der Waals surface area (Å²) in [4.78, 5) is 31.7. The van der Waals surface area contributed by atoms with E-state index in [1.165, 1.54) is 4.68 Å². The van der Waals surface area contributed by atoms with Crippen molar-refractivity contribution in [2.75, 3.05) is 5.32 Å². The highest BCUT2D eigenvalue weighted by Crippen LogP contribution is 2.30. The number of nitrogens with zero attached hydrogens (tertiary/aromatic N) is 3. The van der Waals surface area contributed by atoms with Gasteiger partial charge in [-0.05, 0) is 65.9 Å². The van der Waals surface area contributed by atoms with Crippen molar-refractivity contribution in [2.45, 2.75) is 25.8 Å². The number of hydrogen-bond acceptors (Lipinski definition) is 4. The number of nitrogens with one attached hydrogen (secondary N) is 2. The lowest BCUT2D eigenvalue weighted by atomic mass is 9.84. The summed E-state index contributed by atoms with van der Waals surface area (Å²) in [6.45, 7) is 4.04. The zero-order valence-electron chi connectivity index (χ0n) is 22.7. The molecule has 0 bridgehead atoms. The smallest absolute Gasteiger partial charge is 0.270 e. The molecule has 2 heterocycles. The van der Waals surface area contributed by atoms with E-state index >= 15 is 0 Å². The minimum Gasteiger partial charge on any atom is -0.338 e. The first kappa shape index (κ1) is 26.6. The third kappa shape index (κ3) is 5.68. The Morgan fingerprint density at radius 2 is 1.40 bits per heavy atom. The summed E-state index contributed by atoms with van der Waals surface area (Å²) in [7, 11) is 1.70. The summed E-state index contributed by atoms with van der Waals surface area (Å²) < 4.78 is 1.49. The van der Waals surface area contributed by atoms with E-state index in [4.69, 9.17) is 0 Å². The second kappa shape index (κ2) is 11.8. The van der Waals surface area contributed by atoms with E-state index in [9.17, 15) is 9.59 Å². The number of hydrogen-bond donors (Lipinski definition) is 2. The molecule has 2 amide bonds. The molecule has 3 aromatic carbocycles. The van der Waals surface area contributed by atoms with Gasteiger partial charge in [0, 0.05) is 36.7 Å². The highest BCUT2D eigenvalue weighted by Gasteiger charge is 2.33. The number of aryl methyl sites for hydroxylation is 2. The Bertz CT molecular complexity index is 1570. The molecule has 0 saturated carbocycles. The molecule has 0 fully saturated rings. The van der Waals surface area contributed by atoms with Crippen LogP contribution < -0.4 is 10.6 Å². The predicted molar refractivity (Wildman–Crippen MR) is 157 cm³/mol. The Kier molecular flexibility index (Phi) is 7.82. The molecule has 0 saturated heterocycles. The predicted octanol–water partition coefficient (Wildman–Crippen LogP) is 5.67. The van der Waals surface area contributed by atoms with Crippen LogP contribution in [0.25, 0.3) is 11.1 Å². The Balaban J connectivity index is 1.49. The van der Waals surface area contributed by atoms with Crippen LogP contribution in [0, 0.1) is 13.8 Å². The number of rotatable bonds is 8. The van der Waals surface area contributed by atoms with Crippen molar-refractivity contribution in [1.82, 2.24) is 20.1 Å². The number of carbonyl (C=O) groups is 2. The Morgan fingerprint density at radius 3 is 1.98 bits per heavy atom. The first-order chi connectivity index (χ1) is 19.4. The van der Waals surface area contributed by atoms with Gasteiger partial charge in [-0.1, -0.05) is 72.8 Å². The minimum absolute atomic E-state index is 0.322. The number of pyridine rings is 1. The third-order valence-corrected chi connectivity index (χ3v) is 7.19. The average molecular weight is 530 g/mol. The molecule has 1 atom stereocenters. The second-order valence-corrected chi connectivity index (χ2v) is 9.73. The maximum Gasteiger partial charge on any atom is 0.270 e. The highest BCUT2D eigenvalue weighted by atomic mass is 16.2. The van der Waals surface area contributed by atoms with Crippen LogP contribution in [0.2, 0.25) is 0 Å². The normalized spacial score (nSPS) is 11.7. The topological polar surface area (TPSA) is 88.9 Å². The van der Waals surface area contributed by atoms with Gasteiger partial charge in [0.15, 0.2) is 0 Å². The van der Waals surface area contributed by atoms with Crippen molar-refractivity contribution in [3.8, 4) is 11.1 Å². The summed E-state index contributed by atoms with van der Waals surface area (Å²) >= 11 is 0. The van der Waals surface area contributed by atoms with Gasteiger partial charge < -0.3 is 10.6 Å². The van der Waals surface area contributed by atoms with Gasteiger partial charge in [0.2, 0.25) is 5.91 Å². The van der Waals surface area contributed by atoms with E-state index in [-0.39, 0.29) is 11.8 Å². The average Bonchev–Trinajstić information content (AvgIpc) is 3.41. The monoisotopic (exact) mass is 529 g/mol. The van der Waals surface area contributed by atoms with Crippen molar-refractivity contribution in [3.05, 3.63) is 138 Å². The molecule has 0 aliphatic carbocycles. The SMILES string of the molecule is Cc1nccc(-c2ccc(NC(=O)[C@@H](NC(=O)c3ccnn3C)C(c3ccccc3)c3ccccc3)cc2)c1C. The molecule has 0 spiro atoms. The maximum atomic E-state index is 14.0. The van der Waals surface area contributed by atoms with Crippen molar-refractivity contribution in [1.29, 1.82) is 0 Å². The summed E-state index contributed by atoms with van der Waals surface area (Å²) in [5.41, 5.74) is 7.06. The van der Waals surface area contributed by atoms with E-state index in [0.717, 1.165) is 33.5 Å². The summed E-state index contributed by atoms with van der Waals surface area (Å²) in [5.74, 6) is -1.13. The van der Waals surface area contributed by atoms with Crippen LogP contribution in [0.3, 0.4) is 0 Å². The Morgan fingerprint density at radius 1 is 0.775 bits per heavy atom. The fourth-order valence-corrected chi connectivity index (χ4v) is 4.92. The van der Waals surface area contributed by atoms with Crippen LogP contribution in [0.15, 0.2) is 109 Å². The van der Waals surface area contributed by atoms with E-state index in [1.54, 1.807) is 25.5 Å². The quantitative estimate of drug-likeness (QED) is 0.271. The lowest BCUT2D eigenvalue weighted by Gasteiger charge is -2.28. The molecular formula is C33H31N5O2. The summed E-state index contributed by atoms with van der Waals surface area (Å²) in [5, 5.41) is 10.2. The van der Waals surface area contributed by atoms with E-state index in [1.807, 2.05) is 97.9 Å². The van der Waals surface area contributed by atoms with Crippen LogP contribution in [0.4, 0.5) is 5.69 Å². The Labute approximate surface area is 233 Å². The largest absolute Gasteiger partial charge is 0.338 e. The lowest BCUT2D eigenvalue weighted by molar-refractivity contribution is -0.118. The zero-order chi connectivity index (χ0) is 28.1. The van der Waals surface area contributed by atoms with Gasteiger partial charge in [0.25, 0.3) is 5.91 Å². The zero-order valence-corrected chi connectivity index (χ0v) is 22.7. The molecule has 7 nitrogen and oxygen atoms in total. The number of carbonyl (C=O) groups excluding carboxylic acids is 2. The number of amides is 2. The molecule has 0 aliphatic rings. The molecular weight excluding hydrogens is 498 g/mol. The first-order valence-corrected chi connectivity index (χ1v) is 13.1. The summed E-state index contributed by atoms with van der Waals surface area (Å²) in [6.07, 6.45) is 3.36. The standard InChI is InChI=1S/C33H31N5O2/c1-22-23(2)34-20-18-28(22)24-14-16-27(17-15-24)36-33(40)31(37-32(39)29-19-21-35-38(29)3)30(25-10-6-4-7-11-25)26-12-8-5-9-13-26/h4-21,30-31H,1-3H3,(H,36,40)(H,37,39)/t31-/m0/s1. The minimum atomic E-state index is -0.906. The molecule has 7 heteroatoms. The van der Waals surface area contributed by atoms with Crippen LogP contribution in [-0.2, 0) is 11.8 Å². The van der Waals surface area contributed by atoms with Crippen LogP contribution in [-0.4, -0.2) is 32.6 Å². The molecule has 200 valence electrons. The van der Waals surface area contributed by atoms with E-state index in [0.29, 0.717) is 11.4 Å². The van der Waals surface area contributed by atoms with E-state index in [2.05, 4.69) is 27.6 Å². The van der Waals surface area contributed by atoms with Crippen LogP contribution in [0.5, 0.6) is 0 Å². The van der Waals surface area contributed by atoms with E-state index < -0.39 is 12.0 Å². The van der Waals surface area contributed by atoms with Gasteiger partial charge >= 0.3 is 0 Å². The molecule has 0 aliphatic heterocycles. The van der Waals surface area contributed by atoms with Crippen molar-refractivity contribution in [3.63, 3.8) is 0 Å². The fraction of sp³-hybridized carbons (Fsp3) is 0.152. The van der Waals surface area contributed by atoms with Crippen LogP contribution >= 0.6 is 0 Å². The maximum absolute atomic E-state index is 14.0. The molecule has 5 rings (SSSR count). The van der Waals surface area contributed by atoms with Gasteiger partial charge in [0.05, 0.1) is 0 Å². The van der Waals surface area contributed by atoms with Crippen molar-refractivity contribution in [2.24, 2.45) is 7.05 Å². The van der Waals surface area contributed by atoms with Gasteiger partial charge in [-0.25, -0.2) is 0 Å². The third-order valence-electron chi connectivity index (χ3n) is 7.19. The molecule has 5 aromatic rings. The molecule has 2 N–H and O–H groups in total. The van der Waals surface area contributed by atoms with Gasteiger partial charge in [-0.2, -0.15) is 5.10 Å². The van der Waals surface area contributed by atoms with Crippen molar-refractivity contribution >= 4 is 17.5 Å². The second-order valence-electron chi connectivity index (χ2n) is 9.73. The molecule has 0 unspecified atom stereocenters. The molecule has 40 heavy (non-hydrogen) atoms. The fourth-order valence-electron chi connectivity index (χ4n) is 4.92. The first-order valence-electron chi connectivity index (χ1n) is 13.1. The number of aromatic nitrogens is 3. The lowest BCUT2D eigenvalue weighted by Crippen LogP contribution is -2.48. The van der Waals surface area contributed by atoms with Crippen LogP contribution in [0.1, 0.15) is 38.8 Å². The Hall–Kier alpha value is -5.04. The highest BCUT2D eigenvalue weighted by molar-refractivity contribution is 6.01. The van der Waals surface area contributed by atoms with Crippen molar-refractivity contribution < 1.29 is 9.59 Å².